The minimum absolute atomic E-state index is 0.659. The van der Waals surface area contributed by atoms with Gasteiger partial charge in [0.15, 0.2) is 5.82 Å². The summed E-state index contributed by atoms with van der Waals surface area (Å²) in [6.07, 6.45) is 0. The van der Waals surface area contributed by atoms with E-state index in [2.05, 4.69) is 29.2 Å². The summed E-state index contributed by atoms with van der Waals surface area (Å²) in [4.78, 5) is 13.0. The molecule has 2 aliphatic rings. The first-order valence-corrected chi connectivity index (χ1v) is 9.16. The summed E-state index contributed by atoms with van der Waals surface area (Å²) in [5.74, 6) is 1.45. The van der Waals surface area contributed by atoms with E-state index in [1.54, 1.807) is 0 Å². The summed E-state index contributed by atoms with van der Waals surface area (Å²) in [5, 5.41) is 6.01. The Morgan fingerprint density at radius 3 is 2.32 bits per heavy atom. The van der Waals surface area contributed by atoms with Crippen LogP contribution in [0.3, 0.4) is 0 Å². The number of imidazole rings is 1. The number of benzene rings is 3. The van der Waals surface area contributed by atoms with E-state index in [1.807, 2.05) is 65.3 Å². The van der Waals surface area contributed by atoms with Crippen LogP contribution in [0.1, 0.15) is 0 Å². The molecule has 1 aromatic heterocycles. The van der Waals surface area contributed by atoms with Gasteiger partial charge in [-0.25, -0.2) is 9.97 Å². The van der Waals surface area contributed by atoms with Gasteiger partial charge >= 0.3 is 0 Å². The van der Waals surface area contributed by atoms with E-state index in [1.165, 1.54) is 0 Å². The number of nitrogens with one attached hydrogen (secondary N) is 1. The third-order valence-corrected chi connectivity index (χ3v) is 5.00. The quantitative estimate of drug-likeness (QED) is 0.468. The van der Waals surface area contributed by atoms with Crippen LogP contribution in [-0.4, -0.2) is 24.7 Å². The molecule has 0 amide bonds. The van der Waals surface area contributed by atoms with Crippen molar-refractivity contribution in [3.63, 3.8) is 0 Å². The van der Waals surface area contributed by atoms with Crippen LogP contribution in [0, 0.1) is 0 Å². The topological polar surface area (TPSA) is 59.4 Å². The number of nitrogens with zero attached hydrogens (tertiary/aromatic N) is 4. The number of H-pyrrole nitrogens is 1. The summed E-state index contributed by atoms with van der Waals surface area (Å²) in [5.41, 5.74) is 5.83. The lowest BCUT2D eigenvalue weighted by molar-refractivity contribution is 0.798. The number of aromatic nitrogens is 5. The van der Waals surface area contributed by atoms with Crippen LogP contribution < -0.4 is 0 Å². The van der Waals surface area contributed by atoms with Crippen LogP contribution in [0.25, 0.3) is 50.5 Å². The van der Waals surface area contributed by atoms with Crippen LogP contribution in [-0.2, 0) is 0 Å². The molecule has 0 bridgehead atoms. The van der Waals surface area contributed by atoms with Crippen LogP contribution in [0.5, 0.6) is 0 Å². The van der Waals surface area contributed by atoms with E-state index < -0.39 is 0 Å². The maximum absolute atomic E-state index is 4.89. The minimum Gasteiger partial charge on any atom is -0.322 e. The molecule has 0 atom stereocenters. The van der Waals surface area contributed by atoms with Gasteiger partial charge in [0.2, 0.25) is 5.95 Å². The summed E-state index contributed by atoms with van der Waals surface area (Å²) in [6, 6.07) is 28.4. The zero-order valence-corrected chi connectivity index (χ0v) is 14.9. The highest BCUT2D eigenvalue weighted by atomic mass is 15.4. The molecule has 0 spiro atoms. The Kier molecular flexibility index (Phi) is 3.10. The summed E-state index contributed by atoms with van der Waals surface area (Å²) >= 11 is 0. The Morgan fingerprint density at radius 1 is 0.714 bits per heavy atom. The van der Waals surface area contributed by atoms with Crippen molar-refractivity contribution in [2.24, 2.45) is 0 Å². The standard InChI is InChI=1S/C23H15N5/c1-2-8-15(9-3-1)21-14-17-16-10-4-5-11-18(16)24-22(17)28(27-21)23-25-19-12-6-7-13-20(19)26-23/h1-14H,(H,25,26). The largest absolute Gasteiger partial charge is 0.322 e. The first-order chi connectivity index (χ1) is 13.9. The molecule has 132 valence electrons. The Morgan fingerprint density at radius 2 is 1.46 bits per heavy atom. The number of rotatable bonds is 2. The van der Waals surface area contributed by atoms with Crippen molar-refractivity contribution in [2.75, 3.05) is 0 Å². The van der Waals surface area contributed by atoms with Crippen molar-refractivity contribution in [1.29, 1.82) is 0 Å². The fourth-order valence-corrected chi connectivity index (χ4v) is 3.66. The van der Waals surface area contributed by atoms with Gasteiger partial charge in [0.05, 0.1) is 22.2 Å². The van der Waals surface area contributed by atoms with Crippen molar-refractivity contribution < 1.29 is 0 Å². The van der Waals surface area contributed by atoms with Gasteiger partial charge in [-0.3, -0.25) is 0 Å². The van der Waals surface area contributed by atoms with E-state index in [9.17, 15) is 0 Å². The van der Waals surface area contributed by atoms with E-state index in [0.29, 0.717) is 5.95 Å². The highest BCUT2D eigenvalue weighted by molar-refractivity contribution is 5.97. The van der Waals surface area contributed by atoms with E-state index in [-0.39, 0.29) is 0 Å². The molecule has 0 radical (unpaired) electrons. The lowest BCUT2D eigenvalue weighted by Crippen LogP contribution is -2.08. The van der Waals surface area contributed by atoms with E-state index in [0.717, 1.165) is 44.6 Å². The fraction of sp³-hybridized carbons (Fsp3) is 0. The third kappa shape index (κ3) is 2.23. The zero-order valence-electron chi connectivity index (χ0n) is 14.9. The number of aromatic amines is 1. The monoisotopic (exact) mass is 361 g/mol. The molecule has 3 heterocycles. The van der Waals surface area contributed by atoms with Crippen molar-refractivity contribution >= 4 is 21.9 Å². The third-order valence-electron chi connectivity index (χ3n) is 5.00. The Labute approximate surface area is 160 Å². The number of para-hydroxylation sites is 3. The minimum atomic E-state index is 0.659. The van der Waals surface area contributed by atoms with Gasteiger partial charge in [-0.05, 0) is 24.3 Å². The lowest BCUT2D eigenvalue weighted by Gasteiger charge is -2.11. The number of fused-ring (bicyclic) bond motifs is 4. The van der Waals surface area contributed by atoms with Crippen molar-refractivity contribution in [3.05, 3.63) is 84.9 Å². The molecule has 0 aliphatic carbocycles. The first-order valence-electron chi connectivity index (χ1n) is 9.16. The van der Waals surface area contributed by atoms with Gasteiger partial charge in [-0.1, -0.05) is 60.7 Å². The van der Waals surface area contributed by atoms with Crippen LogP contribution in [0.2, 0.25) is 0 Å². The maximum atomic E-state index is 4.89. The van der Waals surface area contributed by atoms with Gasteiger partial charge in [0.1, 0.15) is 0 Å². The zero-order chi connectivity index (χ0) is 18.5. The second-order valence-corrected chi connectivity index (χ2v) is 6.75. The van der Waals surface area contributed by atoms with Crippen LogP contribution >= 0.6 is 0 Å². The van der Waals surface area contributed by atoms with Gasteiger partial charge in [-0.15, -0.1) is 0 Å². The molecule has 5 nitrogen and oxygen atoms in total. The normalized spacial score (nSPS) is 11.6. The van der Waals surface area contributed by atoms with Crippen molar-refractivity contribution in [2.45, 2.75) is 0 Å². The molecular formula is C23H15N5. The smallest absolute Gasteiger partial charge is 0.231 e. The summed E-state index contributed by atoms with van der Waals surface area (Å²) < 4.78 is 1.82. The van der Waals surface area contributed by atoms with Crippen molar-refractivity contribution in [3.8, 4) is 28.6 Å². The summed E-state index contributed by atoms with van der Waals surface area (Å²) in [6.45, 7) is 0. The van der Waals surface area contributed by atoms with Crippen LogP contribution in [0.4, 0.5) is 0 Å². The molecule has 0 fully saturated rings. The predicted molar refractivity (Wildman–Crippen MR) is 111 cm³/mol. The number of hydrogen-bond donors (Lipinski definition) is 1. The molecule has 3 aromatic carbocycles. The van der Waals surface area contributed by atoms with Crippen LogP contribution in [0.15, 0.2) is 84.9 Å². The highest BCUT2D eigenvalue weighted by Crippen LogP contribution is 2.34. The molecule has 28 heavy (non-hydrogen) atoms. The maximum Gasteiger partial charge on any atom is 0.231 e. The molecule has 0 saturated carbocycles. The molecule has 4 aromatic rings. The SMILES string of the molecule is c1ccc(-c2cc3c4ccccc4nc-3n(-c3nc4ccccc4[nH]3)n2)cc1. The average molecular weight is 361 g/mol. The second-order valence-electron chi connectivity index (χ2n) is 6.75. The lowest BCUT2D eigenvalue weighted by atomic mass is 10.1. The molecule has 1 N–H and O–H groups in total. The Balaban J connectivity index is 1.70. The highest BCUT2D eigenvalue weighted by Gasteiger charge is 2.20. The molecular weight excluding hydrogens is 346 g/mol. The predicted octanol–water partition coefficient (Wildman–Crippen LogP) is 5.07. The molecule has 6 rings (SSSR count). The van der Waals surface area contributed by atoms with Gasteiger partial charge in [0, 0.05) is 16.5 Å². The first kappa shape index (κ1) is 15.1. The number of hydrogen-bond acceptors (Lipinski definition) is 3. The Bertz CT molecular complexity index is 1380. The average Bonchev–Trinajstić information content (AvgIpc) is 3.35. The van der Waals surface area contributed by atoms with E-state index >= 15 is 0 Å². The van der Waals surface area contributed by atoms with E-state index in [4.69, 9.17) is 15.1 Å². The molecule has 0 unspecified atom stereocenters. The Hall–Kier alpha value is -3.99. The second kappa shape index (κ2) is 5.76. The van der Waals surface area contributed by atoms with Gasteiger partial charge in [-0.2, -0.15) is 9.78 Å². The molecule has 0 saturated heterocycles. The molecule has 5 heteroatoms. The van der Waals surface area contributed by atoms with Crippen molar-refractivity contribution in [1.82, 2.24) is 24.7 Å². The van der Waals surface area contributed by atoms with Gasteiger partial charge in [0.25, 0.3) is 0 Å². The molecule has 2 aliphatic heterocycles. The van der Waals surface area contributed by atoms with Gasteiger partial charge < -0.3 is 4.98 Å². The fourth-order valence-electron chi connectivity index (χ4n) is 3.66. The summed E-state index contributed by atoms with van der Waals surface area (Å²) in [7, 11) is 0.